The summed E-state index contributed by atoms with van der Waals surface area (Å²) in [5.41, 5.74) is 4.46. The van der Waals surface area contributed by atoms with Gasteiger partial charge in [-0.05, 0) is 36.5 Å². The van der Waals surface area contributed by atoms with Crippen LogP contribution in [0.15, 0.2) is 41.5 Å². The van der Waals surface area contributed by atoms with Crippen LogP contribution in [0.1, 0.15) is 18.4 Å². The topological polar surface area (TPSA) is 41.5 Å². The van der Waals surface area contributed by atoms with Gasteiger partial charge in [-0.15, -0.1) is 0 Å². The van der Waals surface area contributed by atoms with Crippen LogP contribution in [-0.2, 0) is 11.2 Å². The first-order valence-corrected chi connectivity index (χ1v) is 6.49. The highest BCUT2D eigenvalue weighted by molar-refractivity contribution is 5.95. The third-order valence-electron chi connectivity index (χ3n) is 3.77. The number of allylic oxidation sites excluding steroid dienone is 2. The van der Waals surface area contributed by atoms with Crippen LogP contribution < -0.4 is 5.43 Å². The number of rotatable bonds is 3. The van der Waals surface area contributed by atoms with E-state index in [1.54, 1.807) is 12.1 Å². The molecule has 0 heterocycles. The van der Waals surface area contributed by atoms with E-state index in [2.05, 4.69) is 22.7 Å². The van der Waals surface area contributed by atoms with Crippen LogP contribution in [0.3, 0.4) is 0 Å². The second-order valence-corrected chi connectivity index (χ2v) is 5.08. The van der Waals surface area contributed by atoms with Crippen LogP contribution in [0.4, 0.5) is 4.39 Å². The predicted octanol–water partition coefficient (Wildman–Crippen LogP) is 2.44. The zero-order chi connectivity index (χ0) is 13.2. The summed E-state index contributed by atoms with van der Waals surface area (Å²) >= 11 is 0. The van der Waals surface area contributed by atoms with E-state index in [1.807, 2.05) is 0 Å². The molecule has 98 valence electrons. The first-order valence-electron chi connectivity index (χ1n) is 6.49. The van der Waals surface area contributed by atoms with Crippen molar-refractivity contribution in [2.45, 2.75) is 19.3 Å². The van der Waals surface area contributed by atoms with Crippen LogP contribution >= 0.6 is 0 Å². The van der Waals surface area contributed by atoms with Crippen LogP contribution in [0.25, 0.3) is 0 Å². The minimum absolute atomic E-state index is 0.159. The van der Waals surface area contributed by atoms with Crippen molar-refractivity contribution in [3.63, 3.8) is 0 Å². The molecule has 1 N–H and O–H groups in total. The number of benzene rings is 1. The highest BCUT2D eigenvalue weighted by atomic mass is 19.1. The molecule has 3 rings (SSSR count). The Kier molecular flexibility index (Phi) is 3.15. The number of hydrazone groups is 1. The number of carbonyl (C=O) groups is 1. The van der Waals surface area contributed by atoms with Crippen LogP contribution in [0.5, 0.6) is 0 Å². The number of hydrogen-bond donors (Lipinski definition) is 1. The number of amides is 1. The maximum Gasteiger partial charge on any atom is 0.244 e. The van der Waals surface area contributed by atoms with Gasteiger partial charge in [0.2, 0.25) is 5.91 Å². The Morgan fingerprint density at radius 2 is 2.16 bits per heavy atom. The van der Waals surface area contributed by atoms with Gasteiger partial charge in [0.05, 0.1) is 6.42 Å². The van der Waals surface area contributed by atoms with Gasteiger partial charge < -0.3 is 0 Å². The number of carbonyl (C=O) groups excluding carboxylic acids is 1. The van der Waals surface area contributed by atoms with Gasteiger partial charge in [-0.1, -0.05) is 24.3 Å². The summed E-state index contributed by atoms with van der Waals surface area (Å²) in [7, 11) is 0. The molecule has 0 spiro atoms. The fourth-order valence-corrected chi connectivity index (χ4v) is 2.62. The highest BCUT2D eigenvalue weighted by Gasteiger charge is 2.37. The van der Waals surface area contributed by atoms with Gasteiger partial charge in [0, 0.05) is 11.6 Å². The zero-order valence-electron chi connectivity index (χ0n) is 10.5. The highest BCUT2D eigenvalue weighted by Crippen LogP contribution is 2.39. The third kappa shape index (κ3) is 2.57. The van der Waals surface area contributed by atoms with E-state index in [0.717, 1.165) is 24.1 Å². The van der Waals surface area contributed by atoms with Gasteiger partial charge in [0.25, 0.3) is 0 Å². The Bertz CT molecular complexity index is 548. The van der Waals surface area contributed by atoms with Crippen molar-refractivity contribution in [3.05, 3.63) is 47.8 Å². The summed E-state index contributed by atoms with van der Waals surface area (Å²) in [6.07, 6.45) is 6.63. The molecule has 0 saturated heterocycles. The Hall–Kier alpha value is -1.97. The second kappa shape index (κ2) is 4.96. The number of fused-ring (bicyclic) bond motifs is 1. The van der Waals surface area contributed by atoms with Crippen molar-refractivity contribution in [2.75, 3.05) is 0 Å². The molecule has 1 aromatic rings. The molecule has 2 unspecified atom stereocenters. The minimum Gasteiger partial charge on any atom is -0.273 e. The lowest BCUT2D eigenvalue weighted by atomic mass is 9.74. The van der Waals surface area contributed by atoms with Crippen molar-refractivity contribution < 1.29 is 9.18 Å². The number of halogens is 1. The largest absolute Gasteiger partial charge is 0.273 e. The number of nitrogens with zero attached hydrogens (tertiary/aromatic N) is 1. The molecular formula is C15H15FN2O. The summed E-state index contributed by atoms with van der Waals surface area (Å²) < 4.78 is 12.7. The van der Waals surface area contributed by atoms with Crippen LogP contribution in [0.2, 0.25) is 0 Å². The summed E-state index contributed by atoms with van der Waals surface area (Å²) in [5.74, 6) is 0.686. The van der Waals surface area contributed by atoms with E-state index in [4.69, 9.17) is 0 Å². The van der Waals surface area contributed by atoms with E-state index in [9.17, 15) is 9.18 Å². The summed E-state index contributed by atoms with van der Waals surface area (Å²) in [5, 5.41) is 4.19. The SMILES string of the molecule is O=C(Cc1ccc(F)cc1)N/N=C1\CC2C=CCC12. The fourth-order valence-electron chi connectivity index (χ4n) is 2.62. The number of nitrogens with one attached hydrogen (secondary N) is 1. The molecule has 0 aromatic heterocycles. The van der Waals surface area contributed by atoms with E-state index < -0.39 is 0 Å². The quantitative estimate of drug-likeness (QED) is 0.656. The van der Waals surface area contributed by atoms with Gasteiger partial charge in [-0.25, -0.2) is 9.82 Å². The molecule has 19 heavy (non-hydrogen) atoms. The van der Waals surface area contributed by atoms with Crippen LogP contribution in [0, 0.1) is 17.7 Å². The van der Waals surface area contributed by atoms with E-state index in [1.165, 1.54) is 12.1 Å². The minimum atomic E-state index is -0.293. The molecule has 1 fully saturated rings. The Labute approximate surface area is 111 Å². The maximum atomic E-state index is 12.7. The molecule has 3 nitrogen and oxygen atoms in total. The molecule has 0 aliphatic heterocycles. The van der Waals surface area contributed by atoms with E-state index in [0.29, 0.717) is 11.8 Å². The standard InChI is InChI=1S/C15H15FN2O/c16-12-6-4-10(5-7-12)8-15(19)18-17-14-9-11-2-1-3-13(11)14/h1-2,4-7,11,13H,3,8-9H2,(H,18,19)/b17-14+. The Morgan fingerprint density at radius 1 is 1.37 bits per heavy atom. The molecule has 1 amide bonds. The second-order valence-electron chi connectivity index (χ2n) is 5.08. The Balaban J connectivity index is 1.52. The summed E-state index contributed by atoms with van der Waals surface area (Å²) in [6.45, 7) is 0. The van der Waals surface area contributed by atoms with Gasteiger partial charge >= 0.3 is 0 Å². The van der Waals surface area contributed by atoms with Gasteiger partial charge in [-0.2, -0.15) is 5.10 Å². The molecule has 0 bridgehead atoms. The molecule has 2 aliphatic carbocycles. The number of hydrogen-bond acceptors (Lipinski definition) is 2. The lowest BCUT2D eigenvalue weighted by molar-refractivity contribution is -0.120. The Morgan fingerprint density at radius 3 is 2.89 bits per heavy atom. The van der Waals surface area contributed by atoms with Gasteiger partial charge in [-0.3, -0.25) is 4.79 Å². The normalized spacial score (nSPS) is 26.1. The summed E-state index contributed by atoms with van der Waals surface area (Å²) in [4.78, 5) is 11.7. The monoisotopic (exact) mass is 258 g/mol. The van der Waals surface area contributed by atoms with Crippen molar-refractivity contribution >= 4 is 11.6 Å². The molecule has 0 radical (unpaired) electrons. The first-order chi connectivity index (χ1) is 9.22. The van der Waals surface area contributed by atoms with Crippen molar-refractivity contribution in [1.29, 1.82) is 0 Å². The zero-order valence-corrected chi connectivity index (χ0v) is 10.5. The molecule has 1 saturated carbocycles. The maximum absolute atomic E-state index is 12.7. The van der Waals surface area contributed by atoms with E-state index >= 15 is 0 Å². The van der Waals surface area contributed by atoms with Crippen molar-refractivity contribution in [3.8, 4) is 0 Å². The lowest BCUT2D eigenvalue weighted by Crippen LogP contribution is -2.35. The first kappa shape index (κ1) is 12.1. The lowest BCUT2D eigenvalue weighted by Gasteiger charge is -2.31. The average Bonchev–Trinajstić information content (AvgIpc) is 2.74. The molecule has 4 heteroatoms. The molecule has 2 aliphatic rings. The van der Waals surface area contributed by atoms with E-state index in [-0.39, 0.29) is 18.1 Å². The van der Waals surface area contributed by atoms with Crippen molar-refractivity contribution in [2.24, 2.45) is 16.9 Å². The molecule has 1 aromatic carbocycles. The van der Waals surface area contributed by atoms with Gasteiger partial charge in [0.15, 0.2) is 0 Å². The smallest absolute Gasteiger partial charge is 0.244 e. The predicted molar refractivity (Wildman–Crippen MR) is 71.0 cm³/mol. The van der Waals surface area contributed by atoms with Crippen LogP contribution in [-0.4, -0.2) is 11.6 Å². The fraction of sp³-hybridized carbons (Fsp3) is 0.333. The third-order valence-corrected chi connectivity index (χ3v) is 3.77. The van der Waals surface area contributed by atoms with Crippen molar-refractivity contribution in [1.82, 2.24) is 5.43 Å². The summed E-state index contributed by atoms with van der Waals surface area (Å²) in [6, 6.07) is 5.94. The molecule has 2 atom stereocenters. The van der Waals surface area contributed by atoms with Gasteiger partial charge in [0.1, 0.15) is 5.82 Å². The molecular weight excluding hydrogens is 243 g/mol. The average molecular weight is 258 g/mol.